The first-order valence-electron chi connectivity index (χ1n) is 6.35. The number of fused-ring (bicyclic) bond motifs is 1. The maximum absolute atomic E-state index is 11.9. The average molecular weight is 281 g/mol. The number of aromatic nitrogens is 1. The van der Waals surface area contributed by atoms with E-state index in [-0.39, 0.29) is 5.91 Å². The summed E-state index contributed by atoms with van der Waals surface area (Å²) < 4.78 is 5.21. The number of H-pyrrole nitrogens is 1. The molecule has 4 nitrogen and oxygen atoms in total. The van der Waals surface area contributed by atoms with Gasteiger partial charge in [0.15, 0.2) is 0 Å². The molecule has 19 heavy (non-hydrogen) atoms. The molecule has 1 amide bonds. The van der Waals surface area contributed by atoms with E-state index in [1.165, 1.54) is 0 Å². The predicted octanol–water partition coefficient (Wildman–Crippen LogP) is 2.98. The SMILES string of the molecule is CCOCCCNC(=O)c1cc2cccc(Cl)c2[nH]1. The van der Waals surface area contributed by atoms with Crippen LogP contribution in [0.4, 0.5) is 0 Å². The van der Waals surface area contributed by atoms with Crippen molar-refractivity contribution in [2.75, 3.05) is 19.8 Å². The summed E-state index contributed by atoms with van der Waals surface area (Å²) in [6, 6.07) is 7.38. The molecule has 5 heteroatoms. The minimum atomic E-state index is -0.122. The Morgan fingerprint density at radius 3 is 3.05 bits per heavy atom. The highest BCUT2D eigenvalue weighted by atomic mass is 35.5. The molecule has 0 aliphatic heterocycles. The molecule has 2 aromatic rings. The van der Waals surface area contributed by atoms with Crippen LogP contribution in [0.15, 0.2) is 24.3 Å². The van der Waals surface area contributed by atoms with Gasteiger partial charge in [0.1, 0.15) is 5.69 Å². The van der Waals surface area contributed by atoms with Gasteiger partial charge in [0.25, 0.3) is 5.91 Å². The van der Waals surface area contributed by atoms with Crippen LogP contribution in [0, 0.1) is 0 Å². The molecule has 1 heterocycles. The van der Waals surface area contributed by atoms with Gasteiger partial charge < -0.3 is 15.0 Å². The number of aromatic amines is 1. The van der Waals surface area contributed by atoms with Gasteiger partial charge in [-0.2, -0.15) is 0 Å². The fourth-order valence-electron chi connectivity index (χ4n) is 1.86. The zero-order chi connectivity index (χ0) is 13.7. The zero-order valence-electron chi connectivity index (χ0n) is 10.8. The predicted molar refractivity (Wildman–Crippen MR) is 76.8 cm³/mol. The molecule has 2 N–H and O–H groups in total. The number of carbonyl (C=O) groups is 1. The first-order valence-corrected chi connectivity index (χ1v) is 6.73. The molecule has 1 aromatic heterocycles. The van der Waals surface area contributed by atoms with Crippen molar-refractivity contribution in [3.05, 3.63) is 35.0 Å². The van der Waals surface area contributed by atoms with Gasteiger partial charge >= 0.3 is 0 Å². The summed E-state index contributed by atoms with van der Waals surface area (Å²) in [5.41, 5.74) is 1.32. The summed E-state index contributed by atoms with van der Waals surface area (Å²) in [6.07, 6.45) is 0.806. The molecule has 0 saturated heterocycles. The lowest BCUT2D eigenvalue weighted by molar-refractivity contribution is 0.0940. The van der Waals surface area contributed by atoms with Gasteiger partial charge in [0.2, 0.25) is 0 Å². The highest BCUT2D eigenvalue weighted by Crippen LogP contribution is 2.23. The fraction of sp³-hybridized carbons (Fsp3) is 0.357. The Morgan fingerprint density at radius 1 is 1.47 bits per heavy atom. The molecule has 0 unspecified atom stereocenters. The van der Waals surface area contributed by atoms with Crippen LogP contribution in [0.1, 0.15) is 23.8 Å². The van der Waals surface area contributed by atoms with Gasteiger partial charge in [-0.25, -0.2) is 0 Å². The minimum absolute atomic E-state index is 0.122. The number of carbonyl (C=O) groups excluding carboxylic acids is 1. The van der Waals surface area contributed by atoms with Gasteiger partial charge in [-0.1, -0.05) is 23.7 Å². The number of nitrogens with one attached hydrogen (secondary N) is 2. The van der Waals surface area contributed by atoms with Crippen LogP contribution in [0.5, 0.6) is 0 Å². The molecule has 102 valence electrons. The lowest BCUT2D eigenvalue weighted by atomic mass is 10.2. The van der Waals surface area contributed by atoms with E-state index in [4.69, 9.17) is 16.3 Å². The molecular weight excluding hydrogens is 264 g/mol. The van der Waals surface area contributed by atoms with E-state index in [9.17, 15) is 4.79 Å². The first-order chi connectivity index (χ1) is 9.22. The Balaban J connectivity index is 1.96. The van der Waals surface area contributed by atoms with Crippen molar-refractivity contribution in [1.29, 1.82) is 0 Å². The molecule has 0 spiro atoms. The summed E-state index contributed by atoms with van der Waals surface area (Å²) in [7, 11) is 0. The minimum Gasteiger partial charge on any atom is -0.382 e. The van der Waals surface area contributed by atoms with Crippen molar-refractivity contribution in [2.45, 2.75) is 13.3 Å². The molecule has 0 bridgehead atoms. The maximum Gasteiger partial charge on any atom is 0.267 e. The molecule has 0 aliphatic carbocycles. The molecule has 0 fully saturated rings. The Hall–Kier alpha value is -1.52. The second kappa shape index (κ2) is 6.59. The van der Waals surface area contributed by atoms with Gasteiger partial charge in [-0.05, 0) is 25.5 Å². The van der Waals surface area contributed by atoms with Crippen LogP contribution in [0.25, 0.3) is 10.9 Å². The second-order valence-corrected chi connectivity index (χ2v) is 4.60. The Kier molecular flexibility index (Phi) is 4.82. The number of halogens is 1. The number of amides is 1. The van der Waals surface area contributed by atoms with Crippen LogP contribution >= 0.6 is 11.6 Å². The van der Waals surface area contributed by atoms with E-state index in [2.05, 4.69) is 10.3 Å². The highest BCUT2D eigenvalue weighted by Gasteiger charge is 2.10. The molecule has 0 radical (unpaired) electrons. The molecule has 0 saturated carbocycles. The third kappa shape index (κ3) is 3.49. The number of para-hydroxylation sites is 1. The molecular formula is C14H17ClN2O2. The van der Waals surface area contributed by atoms with Gasteiger partial charge in [-0.15, -0.1) is 0 Å². The normalized spacial score (nSPS) is 10.8. The van der Waals surface area contributed by atoms with E-state index in [1.54, 1.807) is 12.1 Å². The van der Waals surface area contributed by atoms with E-state index in [0.717, 1.165) is 17.3 Å². The van der Waals surface area contributed by atoms with Crippen molar-refractivity contribution in [3.63, 3.8) is 0 Å². The largest absolute Gasteiger partial charge is 0.382 e. The van der Waals surface area contributed by atoms with E-state index in [0.29, 0.717) is 30.5 Å². The van der Waals surface area contributed by atoms with E-state index in [1.807, 2.05) is 19.1 Å². The average Bonchev–Trinajstić information content (AvgIpc) is 2.84. The lowest BCUT2D eigenvalue weighted by Gasteiger charge is -2.03. The number of benzene rings is 1. The van der Waals surface area contributed by atoms with Crippen LogP contribution in [0.3, 0.4) is 0 Å². The highest BCUT2D eigenvalue weighted by molar-refractivity contribution is 6.35. The van der Waals surface area contributed by atoms with Gasteiger partial charge in [-0.3, -0.25) is 4.79 Å². The van der Waals surface area contributed by atoms with Crippen molar-refractivity contribution in [3.8, 4) is 0 Å². The van der Waals surface area contributed by atoms with Crippen LogP contribution < -0.4 is 5.32 Å². The monoisotopic (exact) mass is 280 g/mol. The number of rotatable bonds is 6. The summed E-state index contributed by atoms with van der Waals surface area (Å²) in [4.78, 5) is 15.0. The molecule has 2 rings (SSSR count). The Morgan fingerprint density at radius 2 is 2.32 bits per heavy atom. The van der Waals surface area contributed by atoms with E-state index < -0.39 is 0 Å². The summed E-state index contributed by atoms with van der Waals surface area (Å²) in [5.74, 6) is -0.122. The number of ether oxygens (including phenoxy) is 1. The summed E-state index contributed by atoms with van der Waals surface area (Å²) in [5, 5.41) is 4.40. The first kappa shape index (κ1) is 13.9. The summed E-state index contributed by atoms with van der Waals surface area (Å²) in [6.45, 7) is 3.92. The summed E-state index contributed by atoms with van der Waals surface area (Å²) >= 11 is 6.06. The Labute approximate surface area is 117 Å². The number of hydrogen-bond donors (Lipinski definition) is 2. The third-order valence-electron chi connectivity index (χ3n) is 2.81. The fourth-order valence-corrected chi connectivity index (χ4v) is 2.09. The smallest absolute Gasteiger partial charge is 0.267 e. The van der Waals surface area contributed by atoms with Gasteiger partial charge in [0.05, 0.1) is 10.5 Å². The van der Waals surface area contributed by atoms with E-state index >= 15 is 0 Å². The van der Waals surface area contributed by atoms with Crippen molar-refractivity contribution < 1.29 is 9.53 Å². The maximum atomic E-state index is 11.9. The molecule has 0 atom stereocenters. The zero-order valence-corrected chi connectivity index (χ0v) is 11.6. The van der Waals surface area contributed by atoms with Gasteiger partial charge in [0, 0.05) is 25.1 Å². The third-order valence-corrected chi connectivity index (χ3v) is 3.12. The lowest BCUT2D eigenvalue weighted by Crippen LogP contribution is -2.25. The topological polar surface area (TPSA) is 54.1 Å². The van der Waals surface area contributed by atoms with Crippen LogP contribution in [0.2, 0.25) is 5.02 Å². The van der Waals surface area contributed by atoms with Crippen LogP contribution in [-0.2, 0) is 4.74 Å². The molecule has 0 aliphatic rings. The van der Waals surface area contributed by atoms with Crippen LogP contribution in [-0.4, -0.2) is 30.6 Å². The van der Waals surface area contributed by atoms with Crippen molar-refractivity contribution in [1.82, 2.24) is 10.3 Å². The molecule has 1 aromatic carbocycles. The Bertz CT molecular complexity index is 566. The van der Waals surface area contributed by atoms with Crippen molar-refractivity contribution in [2.24, 2.45) is 0 Å². The quantitative estimate of drug-likeness (QED) is 0.799. The van der Waals surface area contributed by atoms with Crippen molar-refractivity contribution >= 4 is 28.4 Å². The standard InChI is InChI=1S/C14H17ClN2O2/c1-2-19-8-4-7-16-14(18)12-9-10-5-3-6-11(15)13(10)17-12/h3,5-6,9,17H,2,4,7-8H2,1H3,(H,16,18). The number of hydrogen-bond acceptors (Lipinski definition) is 2. The second-order valence-electron chi connectivity index (χ2n) is 4.19.